The van der Waals surface area contributed by atoms with Crippen LogP contribution in [0.4, 0.5) is 5.69 Å². The standard InChI is InChI=1S/C8H12N2S/c9-7-4-11-3-6(7)8(10)5-1-2-5/h3-5,8H,1-2,9-10H2. The summed E-state index contributed by atoms with van der Waals surface area (Å²) in [5.41, 5.74) is 13.7. The maximum Gasteiger partial charge on any atom is 0.0471 e. The first kappa shape index (κ1) is 7.13. The normalized spacial score (nSPS) is 20.1. The third kappa shape index (κ3) is 1.26. The molecule has 1 aliphatic rings. The van der Waals surface area contributed by atoms with Crippen LogP contribution in [0, 0.1) is 5.92 Å². The quantitative estimate of drug-likeness (QED) is 0.706. The molecule has 3 heteroatoms. The molecule has 0 radical (unpaired) electrons. The molecule has 0 aliphatic heterocycles. The number of anilines is 1. The van der Waals surface area contributed by atoms with Crippen LogP contribution in [0.5, 0.6) is 0 Å². The molecule has 60 valence electrons. The van der Waals surface area contributed by atoms with Crippen LogP contribution >= 0.6 is 11.3 Å². The summed E-state index contributed by atoms with van der Waals surface area (Å²) in [5, 5.41) is 4.02. The molecular formula is C8H12N2S. The van der Waals surface area contributed by atoms with Crippen molar-refractivity contribution in [1.82, 2.24) is 0 Å². The fourth-order valence-corrected chi connectivity index (χ4v) is 2.09. The van der Waals surface area contributed by atoms with Crippen molar-refractivity contribution in [2.45, 2.75) is 18.9 Å². The van der Waals surface area contributed by atoms with Crippen LogP contribution in [0.3, 0.4) is 0 Å². The molecule has 1 aromatic heterocycles. The van der Waals surface area contributed by atoms with Gasteiger partial charge in [-0.3, -0.25) is 0 Å². The first-order valence-corrected chi connectivity index (χ1v) is 4.80. The fraction of sp³-hybridized carbons (Fsp3) is 0.500. The Bertz CT molecular complexity index is 252. The maximum atomic E-state index is 5.97. The van der Waals surface area contributed by atoms with Crippen LogP contribution < -0.4 is 11.5 Å². The summed E-state index contributed by atoms with van der Waals surface area (Å²) in [6.07, 6.45) is 2.55. The second kappa shape index (κ2) is 2.50. The number of hydrogen-bond donors (Lipinski definition) is 2. The Kier molecular flexibility index (Phi) is 1.62. The molecule has 0 aromatic carbocycles. The van der Waals surface area contributed by atoms with Crippen LogP contribution in [0.2, 0.25) is 0 Å². The number of hydrogen-bond acceptors (Lipinski definition) is 3. The zero-order valence-electron chi connectivity index (χ0n) is 6.29. The Hall–Kier alpha value is -0.540. The average molecular weight is 168 g/mol. The SMILES string of the molecule is Nc1cscc1C(N)C1CC1. The highest BCUT2D eigenvalue weighted by atomic mass is 32.1. The molecular weight excluding hydrogens is 156 g/mol. The van der Waals surface area contributed by atoms with Crippen LogP contribution in [0.25, 0.3) is 0 Å². The average Bonchev–Trinajstić information content (AvgIpc) is 2.74. The second-order valence-corrected chi connectivity index (χ2v) is 3.89. The van der Waals surface area contributed by atoms with Gasteiger partial charge in [0, 0.05) is 22.7 Å². The monoisotopic (exact) mass is 168 g/mol. The van der Waals surface area contributed by atoms with Crippen molar-refractivity contribution in [2.24, 2.45) is 11.7 Å². The van der Waals surface area contributed by atoms with E-state index in [0.717, 1.165) is 11.3 Å². The van der Waals surface area contributed by atoms with Crippen LogP contribution in [0.15, 0.2) is 10.8 Å². The highest BCUT2D eigenvalue weighted by Crippen LogP contribution is 2.41. The lowest BCUT2D eigenvalue weighted by Gasteiger charge is -2.08. The summed E-state index contributed by atoms with van der Waals surface area (Å²) in [4.78, 5) is 0. The number of rotatable bonds is 2. The van der Waals surface area contributed by atoms with Gasteiger partial charge in [-0.25, -0.2) is 0 Å². The van der Waals surface area contributed by atoms with Gasteiger partial charge in [-0.1, -0.05) is 0 Å². The third-order valence-electron chi connectivity index (χ3n) is 2.21. The Morgan fingerprint density at radius 3 is 2.64 bits per heavy atom. The van der Waals surface area contributed by atoms with Crippen molar-refractivity contribution >= 4 is 17.0 Å². The van der Waals surface area contributed by atoms with E-state index in [2.05, 4.69) is 5.38 Å². The Morgan fingerprint density at radius 2 is 2.18 bits per heavy atom. The smallest absolute Gasteiger partial charge is 0.0471 e. The van der Waals surface area contributed by atoms with Gasteiger partial charge >= 0.3 is 0 Å². The molecule has 11 heavy (non-hydrogen) atoms. The second-order valence-electron chi connectivity index (χ2n) is 3.15. The summed E-state index contributed by atoms with van der Waals surface area (Å²) in [5.74, 6) is 0.701. The highest BCUT2D eigenvalue weighted by molar-refractivity contribution is 7.08. The van der Waals surface area contributed by atoms with Crippen molar-refractivity contribution in [3.05, 3.63) is 16.3 Å². The van der Waals surface area contributed by atoms with Gasteiger partial charge in [-0.05, 0) is 24.1 Å². The Morgan fingerprint density at radius 1 is 1.45 bits per heavy atom. The molecule has 0 saturated heterocycles. The van der Waals surface area contributed by atoms with Crippen molar-refractivity contribution in [3.8, 4) is 0 Å². The van der Waals surface area contributed by atoms with E-state index in [9.17, 15) is 0 Å². The molecule has 1 fully saturated rings. The minimum atomic E-state index is 0.196. The number of nitrogens with two attached hydrogens (primary N) is 2. The van der Waals surface area contributed by atoms with Crippen molar-refractivity contribution < 1.29 is 0 Å². The van der Waals surface area contributed by atoms with Crippen LogP contribution in [-0.4, -0.2) is 0 Å². The fourth-order valence-electron chi connectivity index (χ4n) is 1.30. The first-order chi connectivity index (χ1) is 5.29. The van der Waals surface area contributed by atoms with Crippen LogP contribution in [-0.2, 0) is 0 Å². The molecule has 1 aliphatic carbocycles. The molecule has 1 unspecified atom stereocenters. The minimum absolute atomic E-state index is 0.196. The first-order valence-electron chi connectivity index (χ1n) is 3.86. The van der Waals surface area contributed by atoms with Gasteiger partial charge in [0.2, 0.25) is 0 Å². The van der Waals surface area contributed by atoms with E-state index in [1.54, 1.807) is 11.3 Å². The molecule has 0 spiro atoms. The van der Waals surface area contributed by atoms with E-state index >= 15 is 0 Å². The van der Waals surface area contributed by atoms with Crippen molar-refractivity contribution in [2.75, 3.05) is 5.73 Å². The van der Waals surface area contributed by atoms with Crippen molar-refractivity contribution in [1.29, 1.82) is 0 Å². The van der Waals surface area contributed by atoms with Crippen LogP contribution in [0.1, 0.15) is 24.4 Å². The summed E-state index contributed by atoms with van der Waals surface area (Å²) < 4.78 is 0. The minimum Gasteiger partial charge on any atom is -0.398 e. The lowest BCUT2D eigenvalue weighted by atomic mass is 10.1. The van der Waals surface area contributed by atoms with Gasteiger partial charge in [0.25, 0.3) is 0 Å². The van der Waals surface area contributed by atoms with Gasteiger partial charge in [-0.15, -0.1) is 11.3 Å². The van der Waals surface area contributed by atoms with Gasteiger partial charge in [0.1, 0.15) is 0 Å². The number of nitrogen functional groups attached to an aromatic ring is 1. The predicted molar refractivity (Wildman–Crippen MR) is 48.4 cm³/mol. The summed E-state index contributed by atoms with van der Waals surface area (Å²) in [7, 11) is 0. The molecule has 1 aromatic rings. The Labute approximate surface area is 70.2 Å². The zero-order valence-corrected chi connectivity index (χ0v) is 7.10. The molecule has 1 saturated carbocycles. The predicted octanol–water partition coefficient (Wildman–Crippen LogP) is 1.74. The van der Waals surface area contributed by atoms with E-state index in [0.29, 0.717) is 5.92 Å². The summed E-state index contributed by atoms with van der Waals surface area (Å²) in [6, 6.07) is 0.196. The van der Waals surface area contributed by atoms with E-state index in [1.807, 2.05) is 5.38 Å². The summed E-state index contributed by atoms with van der Waals surface area (Å²) >= 11 is 1.63. The molecule has 2 nitrogen and oxygen atoms in total. The van der Waals surface area contributed by atoms with E-state index in [1.165, 1.54) is 12.8 Å². The summed E-state index contributed by atoms with van der Waals surface area (Å²) in [6.45, 7) is 0. The zero-order chi connectivity index (χ0) is 7.84. The van der Waals surface area contributed by atoms with Gasteiger partial charge in [-0.2, -0.15) is 0 Å². The number of thiophene rings is 1. The Balaban J connectivity index is 2.20. The molecule has 1 atom stereocenters. The topological polar surface area (TPSA) is 52.0 Å². The van der Waals surface area contributed by atoms with E-state index in [4.69, 9.17) is 11.5 Å². The third-order valence-corrected chi connectivity index (χ3v) is 2.99. The van der Waals surface area contributed by atoms with E-state index in [-0.39, 0.29) is 6.04 Å². The van der Waals surface area contributed by atoms with Gasteiger partial charge < -0.3 is 11.5 Å². The maximum absolute atomic E-state index is 5.97. The largest absolute Gasteiger partial charge is 0.398 e. The molecule has 1 heterocycles. The highest BCUT2D eigenvalue weighted by Gasteiger charge is 2.30. The van der Waals surface area contributed by atoms with Gasteiger partial charge in [0.15, 0.2) is 0 Å². The molecule has 4 N–H and O–H groups in total. The van der Waals surface area contributed by atoms with Crippen molar-refractivity contribution in [3.63, 3.8) is 0 Å². The molecule has 0 amide bonds. The van der Waals surface area contributed by atoms with Gasteiger partial charge in [0.05, 0.1) is 0 Å². The molecule has 0 bridgehead atoms. The molecule has 2 rings (SSSR count). The lowest BCUT2D eigenvalue weighted by molar-refractivity contribution is 0.637. The lowest BCUT2D eigenvalue weighted by Crippen LogP contribution is -2.12. The van der Waals surface area contributed by atoms with E-state index < -0.39 is 0 Å².